The normalized spacial score (nSPS) is 16.1. The van der Waals surface area contributed by atoms with Gasteiger partial charge >= 0.3 is 0 Å². The van der Waals surface area contributed by atoms with Gasteiger partial charge in [-0.2, -0.15) is 0 Å². The number of anilines is 3. The Hall–Kier alpha value is -1.75. The Bertz CT molecular complexity index is 535. The molecule has 0 fully saturated rings. The number of rotatable bonds is 4. The number of aliphatic hydroxyl groups is 1. The summed E-state index contributed by atoms with van der Waals surface area (Å²) in [6.45, 7) is 6.73. The number of nitrogen functional groups attached to an aromatic ring is 1. The van der Waals surface area contributed by atoms with E-state index in [0.717, 1.165) is 23.4 Å². The lowest BCUT2D eigenvalue weighted by molar-refractivity contribution is -0.116. The number of hydrogen-bond donors (Lipinski definition) is 4. The van der Waals surface area contributed by atoms with Crippen LogP contribution in [0.2, 0.25) is 0 Å². The molecule has 0 saturated heterocycles. The van der Waals surface area contributed by atoms with Gasteiger partial charge in [-0.15, -0.1) is 0 Å². The van der Waals surface area contributed by atoms with Gasteiger partial charge in [-0.3, -0.25) is 4.79 Å². The maximum absolute atomic E-state index is 11.4. The van der Waals surface area contributed by atoms with Crippen LogP contribution >= 0.6 is 0 Å². The van der Waals surface area contributed by atoms with Crippen LogP contribution in [0.4, 0.5) is 17.1 Å². The molecule has 116 valence electrons. The largest absolute Gasteiger partial charge is 0.397 e. The molecule has 1 aromatic rings. The van der Waals surface area contributed by atoms with Crippen LogP contribution in [0, 0.1) is 5.41 Å². The molecule has 1 aromatic carbocycles. The summed E-state index contributed by atoms with van der Waals surface area (Å²) in [6.07, 6.45) is 1.50. The van der Waals surface area contributed by atoms with Gasteiger partial charge < -0.3 is 21.5 Å². The SMILES string of the molecule is CC(C)(C)CC(O)CNc1cc2c(cc1N)CCC(=O)N2. The molecule has 21 heavy (non-hydrogen) atoms. The molecule has 0 spiro atoms. The van der Waals surface area contributed by atoms with Gasteiger partial charge in [0.1, 0.15) is 0 Å². The van der Waals surface area contributed by atoms with E-state index in [9.17, 15) is 9.90 Å². The van der Waals surface area contributed by atoms with E-state index >= 15 is 0 Å². The Balaban J connectivity index is 2.04. The second-order valence-electron chi connectivity index (χ2n) is 6.94. The predicted molar refractivity (Wildman–Crippen MR) is 86.4 cm³/mol. The highest BCUT2D eigenvalue weighted by molar-refractivity contribution is 5.95. The highest BCUT2D eigenvalue weighted by atomic mass is 16.3. The lowest BCUT2D eigenvalue weighted by atomic mass is 9.89. The van der Waals surface area contributed by atoms with E-state index in [0.29, 0.717) is 25.1 Å². The molecule has 1 atom stereocenters. The highest BCUT2D eigenvalue weighted by Crippen LogP contribution is 2.31. The third kappa shape index (κ3) is 4.36. The molecule has 1 aliphatic heterocycles. The minimum atomic E-state index is -0.435. The van der Waals surface area contributed by atoms with E-state index in [2.05, 4.69) is 31.4 Å². The zero-order chi connectivity index (χ0) is 15.6. The molecule has 0 aliphatic carbocycles. The summed E-state index contributed by atoms with van der Waals surface area (Å²) in [4.78, 5) is 11.4. The van der Waals surface area contributed by atoms with E-state index in [-0.39, 0.29) is 11.3 Å². The molecule has 2 rings (SSSR count). The third-order valence-electron chi connectivity index (χ3n) is 3.55. The molecule has 0 bridgehead atoms. The molecule has 1 amide bonds. The van der Waals surface area contributed by atoms with Crippen LogP contribution in [0.25, 0.3) is 0 Å². The average Bonchev–Trinajstić information content (AvgIpc) is 2.34. The van der Waals surface area contributed by atoms with Gasteiger partial charge in [-0.05, 0) is 36.0 Å². The van der Waals surface area contributed by atoms with Gasteiger partial charge in [0.15, 0.2) is 0 Å². The molecule has 5 heteroatoms. The van der Waals surface area contributed by atoms with Gasteiger partial charge in [0.05, 0.1) is 17.5 Å². The molecule has 0 aromatic heterocycles. The van der Waals surface area contributed by atoms with Gasteiger partial charge in [0.2, 0.25) is 5.91 Å². The number of fused-ring (bicyclic) bond motifs is 1. The van der Waals surface area contributed by atoms with Crippen LogP contribution in [-0.2, 0) is 11.2 Å². The van der Waals surface area contributed by atoms with E-state index in [1.807, 2.05) is 12.1 Å². The van der Waals surface area contributed by atoms with Crippen molar-refractivity contribution in [3.63, 3.8) is 0 Å². The zero-order valence-electron chi connectivity index (χ0n) is 13.0. The van der Waals surface area contributed by atoms with Crippen LogP contribution in [0.3, 0.4) is 0 Å². The number of benzene rings is 1. The lowest BCUT2D eigenvalue weighted by Gasteiger charge is -2.24. The topological polar surface area (TPSA) is 87.4 Å². The number of carbonyl (C=O) groups excluding carboxylic acids is 1. The smallest absolute Gasteiger partial charge is 0.224 e. The number of nitrogens with one attached hydrogen (secondary N) is 2. The summed E-state index contributed by atoms with van der Waals surface area (Å²) < 4.78 is 0. The first-order valence-electron chi connectivity index (χ1n) is 7.39. The Kier molecular flexibility index (Phi) is 4.42. The van der Waals surface area contributed by atoms with Crippen molar-refractivity contribution < 1.29 is 9.90 Å². The maximum atomic E-state index is 11.4. The molecule has 5 N–H and O–H groups in total. The molecule has 0 saturated carbocycles. The second kappa shape index (κ2) is 5.93. The molecule has 0 radical (unpaired) electrons. The Morgan fingerprint density at radius 1 is 1.38 bits per heavy atom. The average molecular weight is 291 g/mol. The molecule has 1 heterocycles. The van der Waals surface area contributed by atoms with E-state index in [1.165, 1.54) is 0 Å². The Labute approximate surface area is 125 Å². The molecule has 5 nitrogen and oxygen atoms in total. The van der Waals surface area contributed by atoms with Crippen molar-refractivity contribution in [3.05, 3.63) is 17.7 Å². The highest BCUT2D eigenvalue weighted by Gasteiger charge is 2.19. The number of carbonyl (C=O) groups is 1. The quantitative estimate of drug-likeness (QED) is 0.641. The second-order valence-corrected chi connectivity index (χ2v) is 6.94. The van der Waals surface area contributed by atoms with Crippen LogP contribution in [-0.4, -0.2) is 23.7 Å². The first kappa shape index (κ1) is 15.6. The van der Waals surface area contributed by atoms with E-state index in [4.69, 9.17) is 5.73 Å². The van der Waals surface area contributed by atoms with Crippen molar-refractivity contribution in [2.75, 3.05) is 22.9 Å². The van der Waals surface area contributed by atoms with Crippen LogP contribution in [0.5, 0.6) is 0 Å². The van der Waals surface area contributed by atoms with Gasteiger partial charge in [-0.1, -0.05) is 20.8 Å². The Morgan fingerprint density at radius 2 is 2.10 bits per heavy atom. The number of aryl methyl sites for hydroxylation is 1. The third-order valence-corrected chi connectivity index (χ3v) is 3.55. The van der Waals surface area contributed by atoms with Crippen molar-refractivity contribution in [2.45, 2.75) is 46.1 Å². The number of aliphatic hydroxyl groups excluding tert-OH is 1. The number of hydrogen-bond acceptors (Lipinski definition) is 4. The van der Waals surface area contributed by atoms with Crippen molar-refractivity contribution in [1.29, 1.82) is 0 Å². The molecule has 1 unspecified atom stereocenters. The molecular weight excluding hydrogens is 266 g/mol. The minimum Gasteiger partial charge on any atom is -0.397 e. The first-order valence-corrected chi connectivity index (χ1v) is 7.39. The number of amides is 1. The van der Waals surface area contributed by atoms with Crippen molar-refractivity contribution in [3.8, 4) is 0 Å². The summed E-state index contributed by atoms with van der Waals surface area (Å²) in [5.74, 6) is 0.0333. The summed E-state index contributed by atoms with van der Waals surface area (Å²) in [6, 6.07) is 3.75. The van der Waals surface area contributed by atoms with Gasteiger partial charge in [0.25, 0.3) is 0 Å². The van der Waals surface area contributed by atoms with Crippen LogP contribution in [0.15, 0.2) is 12.1 Å². The fourth-order valence-corrected chi connectivity index (χ4v) is 2.61. The van der Waals surface area contributed by atoms with Crippen LogP contribution < -0.4 is 16.4 Å². The van der Waals surface area contributed by atoms with E-state index in [1.54, 1.807) is 0 Å². The fourth-order valence-electron chi connectivity index (χ4n) is 2.61. The summed E-state index contributed by atoms with van der Waals surface area (Å²) in [7, 11) is 0. The summed E-state index contributed by atoms with van der Waals surface area (Å²) >= 11 is 0. The van der Waals surface area contributed by atoms with Crippen molar-refractivity contribution in [2.24, 2.45) is 5.41 Å². The van der Waals surface area contributed by atoms with E-state index < -0.39 is 6.10 Å². The maximum Gasteiger partial charge on any atom is 0.224 e. The Morgan fingerprint density at radius 3 is 2.76 bits per heavy atom. The number of nitrogens with two attached hydrogens (primary N) is 1. The zero-order valence-corrected chi connectivity index (χ0v) is 13.0. The summed E-state index contributed by atoms with van der Waals surface area (Å²) in [5, 5.41) is 16.1. The molecule has 1 aliphatic rings. The minimum absolute atomic E-state index is 0.0333. The molecular formula is C16H25N3O2. The predicted octanol–water partition coefficient (Wildman–Crippen LogP) is 2.36. The van der Waals surface area contributed by atoms with Crippen LogP contribution in [0.1, 0.15) is 39.2 Å². The standard InChI is InChI=1S/C16H25N3O2/c1-16(2,3)8-11(20)9-18-14-7-13-10(6-12(14)17)4-5-15(21)19-13/h6-7,11,18,20H,4-5,8-9,17H2,1-3H3,(H,19,21). The van der Waals surface area contributed by atoms with Crippen molar-refractivity contribution in [1.82, 2.24) is 0 Å². The fraction of sp³-hybridized carbons (Fsp3) is 0.562. The van der Waals surface area contributed by atoms with Gasteiger partial charge in [-0.25, -0.2) is 0 Å². The van der Waals surface area contributed by atoms with Gasteiger partial charge in [0, 0.05) is 18.7 Å². The first-order chi connectivity index (χ1) is 9.74. The van der Waals surface area contributed by atoms with Crippen molar-refractivity contribution >= 4 is 23.0 Å². The monoisotopic (exact) mass is 291 g/mol. The lowest BCUT2D eigenvalue weighted by Crippen LogP contribution is -2.25. The summed E-state index contributed by atoms with van der Waals surface area (Å²) in [5.41, 5.74) is 9.39.